The van der Waals surface area contributed by atoms with Gasteiger partial charge in [0.05, 0.1) is 10.5 Å². The van der Waals surface area contributed by atoms with Gasteiger partial charge in [-0.15, -0.1) is 0 Å². The van der Waals surface area contributed by atoms with Crippen LogP contribution in [0.15, 0.2) is 24.3 Å². The Morgan fingerprint density at radius 3 is 2.59 bits per heavy atom. The van der Waals surface area contributed by atoms with Crippen molar-refractivity contribution in [3.05, 3.63) is 40.5 Å². The molecule has 0 bridgehead atoms. The van der Waals surface area contributed by atoms with Crippen LogP contribution in [0.25, 0.3) is 10.9 Å². The molecule has 0 amide bonds. The van der Waals surface area contributed by atoms with Gasteiger partial charge in [0.25, 0.3) is 0 Å². The van der Waals surface area contributed by atoms with Crippen LogP contribution in [0.5, 0.6) is 0 Å². The second-order valence-electron chi connectivity index (χ2n) is 3.43. The molecule has 0 atom stereocenters. The van der Waals surface area contributed by atoms with E-state index < -0.39 is 11.9 Å². The second kappa shape index (κ2) is 4.46. The maximum Gasteiger partial charge on any atom is 0.433 e. The standard InChI is InChI=1S/C11H6BrClF3N/c12-5-6-2-1-3-7-8(13)4-9(11(14,15)16)17-10(6)7/h1-4H,5H2. The van der Waals surface area contributed by atoms with Crippen LogP contribution in [0.2, 0.25) is 5.02 Å². The third kappa shape index (κ3) is 2.40. The van der Waals surface area contributed by atoms with Crippen LogP contribution in [0.1, 0.15) is 11.3 Å². The van der Waals surface area contributed by atoms with E-state index in [9.17, 15) is 13.2 Å². The van der Waals surface area contributed by atoms with Gasteiger partial charge in [-0.1, -0.05) is 45.7 Å². The van der Waals surface area contributed by atoms with Crippen LogP contribution < -0.4 is 0 Å². The average Bonchev–Trinajstić information content (AvgIpc) is 2.27. The molecule has 0 radical (unpaired) electrons. The van der Waals surface area contributed by atoms with Crippen molar-refractivity contribution in [2.45, 2.75) is 11.5 Å². The lowest BCUT2D eigenvalue weighted by Gasteiger charge is -2.10. The summed E-state index contributed by atoms with van der Waals surface area (Å²) >= 11 is 9.06. The number of rotatable bonds is 1. The zero-order chi connectivity index (χ0) is 12.6. The van der Waals surface area contributed by atoms with Gasteiger partial charge in [0, 0.05) is 10.7 Å². The molecule has 90 valence electrons. The highest BCUT2D eigenvalue weighted by molar-refractivity contribution is 9.08. The highest BCUT2D eigenvalue weighted by atomic mass is 79.9. The molecule has 17 heavy (non-hydrogen) atoms. The first-order valence-electron chi connectivity index (χ1n) is 4.65. The largest absolute Gasteiger partial charge is 0.433 e. The average molecular weight is 325 g/mol. The number of alkyl halides is 4. The Balaban J connectivity index is 2.79. The molecule has 0 aliphatic heterocycles. The summed E-state index contributed by atoms with van der Waals surface area (Å²) in [5.41, 5.74) is -0.0110. The molecule has 0 aliphatic carbocycles. The van der Waals surface area contributed by atoms with E-state index in [0.29, 0.717) is 16.3 Å². The molecule has 0 saturated carbocycles. The topological polar surface area (TPSA) is 12.9 Å². The Hall–Kier alpha value is -0.810. The number of halogens is 5. The Morgan fingerprint density at radius 2 is 2.00 bits per heavy atom. The SMILES string of the molecule is FC(F)(F)c1cc(Cl)c2cccc(CBr)c2n1. The summed E-state index contributed by atoms with van der Waals surface area (Å²) in [4.78, 5) is 3.64. The monoisotopic (exact) mass is 323 g/mol. The van der Waals surface area contributed by atoms with Crippen molar-refractivity contribution < 1.29 is 13.2 Å². The summed E-state index contributed by atoms with van der Waals surface area (Å²) < 4.78 is 37.8. The quantitative estimate of drug-likeness (QED) is 0.687. The molecule has 0 fully saturated rings. The fourth-order valence-corrected chi connectivity index (χ4v) is 2.23. The van der Waals surface area contributed by atoms with Crippen molar-refractivity contribution in [3.63, 3.8) is 0 Å². The third-order valence-corrected chi connectivity index (χ3v) is 3.22. The Morgan fingerprint density at radius 1 is 1.29 bits per heavy atom. The van der Waals surface area contributed by atoms with Gasteiger partial charge in [-0.2, -0.15) is 13.2 Å². The molecule has 0 saturated heterocycles. The number of para-hydroxylation sites is 1. The normalized spacial score (nSPS) is 12.1. The first-order chi connectivity index (χ1) is 7.93. The summed E-state index contributed by atoms with van der Waals surface area (Å²) in [5, 5.41) is 1.01. The van der Waals surface area contributed by atoms with E-state index in [1.54, 1.807) is 18.2 Å². The first-order valence-corrected chi connectivity index (χ1v) is 6.14. The van der Waals surface area contributed by atoms with E-state index in [4.69, 9.17) is 11.6 Å². The Kier molecular flexibility index (Phi) is 3.32. The summed E-state index contributed by atoms with van der Waals surface area (Å²) in [6.45, 7) is 0. The maximum atomic E-state index is 12.6. The molecule has 2 rings (SSSR count). The molecular formula is C11H6BrClF3N. The van der Waals surface area contributed by atoms with Gasteiger partial charge in [0.1, 0.15) is 5.69 Å². The lowest BCUT2D eigenvalue weighted by molar-refractivity contribution is -0.140. The van der Waals surface area contributed by atoms with E-state index in [0.717, 1.165) is 6.07 Å². The molecular weight excluding hydrogens is 318 g/mol. The number of benzene rings is 1. The van der Waals surface area contributed by atoms with Gasteiger partial charge in [0.2, 0.25) is 0 Å². The maximum absolute atomic E-state index is 12.6. The Labute approximate surface area is 109 Å². The third-order valence-electron chi connectivity index (χ3n) is 2.31. The molecule has 6 heteroatoms. The lowest BCUT2D eigenvalue weighted by atomic mass is 10.1. The van der Waals surface area contributed by atoms with Crippen LogP contribution in [-0.4, -0.2) is 4.98 Å². The molecule has 0 spiro atoms. The zero-order valence-electron chi connectivity index (χ0n) is 8.35. The number of hydrogen-bond donors (Lipinski definition) is 0. The van der Waals surface area contributed by atoms with Crippen molar-refractivity contribution in [1.82, 2.24) is 4.98 Å². The van der Waals surface area contributed by atoms with E-state index >= 15 is 0 Å². The van der Waals surface area contributed by atoms with E-state index in [2.05, 4.69) is 20.9 Å². The number of hydrogen-bond acceptors (Lipinski definition) is 1. The van der Waals surface area contributed by atoms with Crippen LogP contribution >= 0.6 is 27.5 Å². The van der Waals surface area contributed by atoms with E-state index in [1.807, 2.05) is 0 Å². The zero-order valence-corrected chi connectivity index (χ0v) is 10.7. The fourth-order valence-electron chi connectivity index (χ4n) is 1.52. The van der Waals surface area contributed by atoms with Crippen molar-refractivity contribution in [2.75, 3.05) is 0 Å². The number of nitrogens with zero attached hydrogens (tertiary/aromatic N) is 1. The first kappa shape index (κ1) is 12.6. The minimum absolute atomic E-state index is 0.0603. The predicted octanol–water partition coefficient (Wildman–Crippen LogP) is 4.80. The summed E-state index contributed by atoms with van der Waals surface area (Å²) in [5.74, 6) is 0. The van der Waals surface area contributed by atoms with Gasteiger partial charge in [-0.3, -0.25) is 0 Å². The second-order valence-corrected chi connectivity index (χ2v) is 4.40. The van der Waals surface area contributed by atoms with Crippen LogP contribution in [0.4, 0.5) is 13.2 Å². The van der Waals surface area contributed by atoms with E-state index in [-0.39, 0.29) is 10.5 Å². The predicted molar refractivity (Wildman–Crippen MR) is 64.4 cm³/mol. The number of fused-ring (bicyclic) bond motifs is 1. The van der Waals surface area contributed by atoms with Gasteiger partial charge in [-0.05, 0) is 11.6 Å². The summed E-state index contributed by atoms with van der Waals surface area (Å²) in [6.07, 6.45) is -4.49. The van der Waals surface area contributed by atoms with Crippen molar-refractivity contribution in [3.8, 4) is 0 Å². The molecule has 1 aromatic heterocycles. The number of aromatic nitrogens is 1. The minimum Gasteiger partial charge on any atom is -0.243 e. The molecule has 1 aromatic carbocycles. The Bertz CT molecular complexity index is 568. The van der Waals surface area contributed by atoms with Crippen LogP contribution in [0, 0.1) is 0 Å². The molecule has 2 aromatic rings. The van der Waals surface area contributed by atoms with Gasteiger partial charge < -0.3 is 0 Å². The van der Waals surface area contributed by atoms with Crippen LogP contribution in [-0.2, 0) is 11.5 Å². The van der Waals surface area contributed by atoms with Crippen molar-refractivity contribution in [1.29, 1.82) is 0 Å². The van der Waals surface area contributed by atoms with Gasteiger partial charge in [-0.25, -0.2) is 4.98 Å². The molecule has 0 N–H and O–H groups in total. The minimum atomic E-state index is -4.49. The molecule has 1 heterocycles. The highest BCUT2D eigenvalue weighted by Crippen LogP contribution is 2.34. The molecule has 0 aliphatic rings. The lowest BCUT2D eigenvalue weighted by Crippen LogP contribution is -2.08. The van der Waals surface area contributed by atoms with Crippen molar-refractivity contribution >= 4 is 38.4 Å². The molecule has 1 nitrogen and oxygen atoms in total. The van der Waals surface area contributed by atoms with Gasteiger partial charge in [0.15, 0.2) is 0 Å². The summed E-state index contributed by atoms with van der Waals surface area (Å²) in [7, 11) is 0. The fraction of sp³-hybridized carbons (Fsp3) is 0.182. The van der Waals surface area contributed by atoms with Crippen molar-refractivity contribution in [2.24, 2.45) is 0 Å². The van der Waals surface area contributed by atoms with Gasteiger partial charge >= 0.3 is 6.18 Å². The van der Waals surface area contributed by atoms with E-state index in [1.165, 1.54) is 0 Å². The molecule has 0 unspecified atom stereocenters. The highest BCUT2D eigenvalue weighted by Gasteiger charge is 2.33. The summed E-state index contributed by atoms with van der Waals surface area (Å²) in [6, 6.07) is 5.94. The smallest absolute Gasteiger partial charge is 0.243 e. The van der Waals surface area contributed by atoms with Crippen LogP contribution in [0.3, 0.4) is 0 Å². The number of pyridine rings is 1.